The molecule has 0 aliphatic carbocycles. The van der Waals surface area contributed by atoms with Crippen molar-refractivity contribution in [2.45, 2.75) is 19.9 Å². The van der Waals surface area contributed by atoms with Crippen LogP contribution in [0, 0.1) is 12.3 Å². The van der Waals surface area contributed by atoms with E-state index in [0.717, 1.165) is 38.3 Å². The van der Waals surface area contributed by atoms with Gasteiger partial charge in [-0.05, 0) is 32.0 Å². The van der Waals surface area contributed by atoms with Gasteiger partial charge in [0.2, 0.25) is 0 Å². The Morgan fingerprint density at radius 2 is 2.04 bits per heavy atom. The Labute approximate surface area is 154 Å². The van der Waals surface area contributed by atoms with Crippen LogP contribution in [-0.4, -0.2) is 53.4 Å². The highest BCUT2D eigenvalue weighted by Crippen LogP contribution is 2.36. The number of ether oxygens (including phenoxy) is 1. The fraction of sp³-hybridized carbons (Fsp3) is 0.500. The summed E-state index contributed by atoms with van der Waals surface area (Å²) >= 11 is 0. The molecule has 4 rings (SSSR count). The van der Waals surface area contributed by atoms with E-state index in [9.17, 15) is 4.79 Å². The lowest BCUT2D eigenvalue weighted by molar-refractivity contribution is -0.122. The van der Waals surface area contributed by atoms with Gasteiger partial charge in [0.15, 0.2) is 0 Å². The van der Waals surface area contributed by atoms with E-state index in [0.29, 0.717) is 6.61 Å². The van der Waals surface area contributed by atoms with Gasteiger partial charge in [-0.15, -0.1) is 0 Å². The zero-order valence-corrected chi connectivity index (χ0v) is 15.5. The molecule has 1 atom stereocenters. The minimum absolute atomic E-state index is 0.00187. The first-order chi connectivity index (χ1) is 12.6. The highest BCUT2D eigenvalue weighted by molar-refractivity contribution is 5.94. The summed E-state index contributed by atoms with van der Waals surface area (Å²) in [5.74, 6) is 0.0506. The van der Waals surface area contributed by atoms with E-state index in [-0.39, 0.29) is 17.9 Å². The summed E-state index contributed by atoms with van der Waals surface area (Å²) in [6, 6.07) is 9.94. The maximum absolute atomic E-state index is 12.6. The number of benzene rings is 1. The smallest absolute Gasteiger partial charge is 0.252 e. The highest BCUT2D eigenvalue weighted by atomic mass is 16.5. The number of aryl methyl sites for hydroxylation is 1. The second kappa shape index (κ2) is 6.85. The van der Waals surface area contributed by atoms with Crippen LogP contribution >= 0.6 is 0 Å². The molecule has 1 spiro atoms. The molecule has 1 aromatic heterocycles. The van der Waals surface area contributed by atoms with Crippen molar-refractivity contribution in [1.82, 2.24) is 14.7 Å². The fourth-order valence-corrected chi connectivity index (χ4v) is 4.10. The Morgan fingerprint density at radius 3 is 2.77 bits per heavy atom. The number of amides is 1. The highest BCUT2D eigenvalue weighted by Gasteiger charge is 2.43. The molecular formula is C20H26N4O2. The molecule has 1 amide bonds. The van der Waals surface area contributed by atoms with E-state index >= 15 is 0 Å². The number of para-hydroxylation sites is 1. The van der Waals surface area contributed by atoms with E-state index in [4.69, 9.17) is 4.74 Å². The van der Waals surface area contributed by atoms with E-state index in [1.54, 1.807) is 0 Å². The van der Waals surface area contributed by atoms with E-state index in [1.807, 2.05) is 53.2 Å². The Hall–Kier alpha value is -2.18. The molecule has 6 heteroatoms. The maximum atomic E-state index is 12.6. The summed E-state index contributed by atoms with van der Waals surface area (Å²) in [5, 5.41) is 4.35. The molecule has 3 heterocycles. The number of nitrogens with zero attached hydrogens (tertiary/aromatic N) is 4. The van der Waals surface area contributed by atoms with Crippen molar-refractivity contribution in [2.75, 3.05) is 37.7 Å². The zero-order valence-electron chi connectivity index (χ0n) is 15.5. The Kier molecular flexibility index (Phi) is 4.54. The molecule has 0 bridgehead atoms. The van der Waals surface area contributed by atoms with Crippen LogP contribution in [0.5, 0.6) is 0 Å². The van der Waals surface area contributed by atoms with Gasteiger partial charge >= 0.3 is 0 Å². The monoisotopic (exact) mass is 354 g/mol. The molecule has 1 aromatic carbocycles. The molecule has 2 aromatic rings. The number of anilines is 1. The lowest BCUT2D eigenvalue weighted by Gasteiger charge is -2.32. The largest absolute Gasteiger partial charge is 0.371 e. The number of likely N-dealkylation sites (tertiary alicyclic amines) is 1. The zero-order chi connectivity index (χ0) is 18.1. The van der Waals surface area contributed by atoms with Crippen molar-refractivity contribution in [3.63, 3.8) is 0 Å². The van der Waals surface area contributed by atoms with Crippen molar-refractivity contribution in [2.24, 2.45) is 12.5 Å². The van der Waals surface area contributed by atoms with Gasteiger partial charge in [-0.2, -0.15) is 5.10 Å². The first kappa shape index (κ1) is 17.2. The molecule has 2 aliphatic heterocycles. The van der Waals surface area contributed by atoms with Crippen molar-refractivity contribution < 1.29 is 9.53 Å². The minimum atomic E-state index is -0.00187. The van der Waals surface area contributed by atoms with Crippen LogP contribution in [0.25, 0.3) is 0 Å². The standard InChI is InChI=1S/C20H26N4O2/c1-16-17(10-21-22(16)2)11-23-9-8-20(13-23)14-24(19(25)12-26-15-20)18-6-4-3-5-7-18/h3-7,10H,8-9,11-15H2,1-2H3. The third-order valence-electron chi connectivity index (χ3n) is 5.74. The minimum Gasteiger partial charge on any atom is -0.371 e. The van der Waals surface area contributed by atoms with Gasteiger partial charge in [0.1, 0.15) is 6.61 Å². The van der Waals surface area contributed by atoms with Gasteiger partial charge in [0, 0.05) is 49.0 Å². The van der Waals surface area contributed by atoms with Crippen LogP contribution in [0.2, 0.25) is 0 Å². The first-order valence-corrected chi connectivity index (χ1v) is 9.19. The van der Waals surface area contributed by atoms with Crippen LogP contribution in [0.4, 0.5) is 5.69 Å². The molecule has 1 unspecified atom stereocenters. The molecule has 2 aliphatic rings. The van der Waals surface area contributed by atoms with Gasteiger partial charge < -0.3 is 9.64 Å². The number of rotatable bonds is 3. The molecule has 0 saturated carbocycles. The van der Waals surface area contributed by atoms with Crippen LogP contribution in [0.3, 0.4) is 0 Å². The summed E-state index contributed by atoms with van der Waals surface area (Å²) in [5.41, 5.74) is 3.45. The molecule has 138 valence electrons. The Morgan fingerprint density at radius 1 is 1.23 bits per heavy atom. The van der Waals surface area contributed by atoms with Crippen LogP contribution in [0.15, 0.2) is 36.5 Å². The van der Waals surface area contributed by atoms with Crippen molar-refractivity contribution in [1.29, 1.82) is 0 Å². The molecule has 0 N–H and O–H groups in total. The lowest BCUT2D eigenvalue weighted by atomic mass is 9.87. The predicted octanol–water partition coefficient (Wildman–Crippen LogP) is 1.98. The second-order valence-electron chi connectivity index (χ2n) is 7.65. The maximum Gasteiger partial charge on any atom is 0.252 e. The SMILES string of the molecule is Cc1c(CN2CCC3(COCC(=O)N(c4ccccc4)C3)C2)cnn1C. The molecule has 26 heavy (non-hydrogen) atoms. The summed E-state index contributed by atoms with van der Waals surface area (Å²) < 4.78 is 7.71. The molecule has 0 radical (unpaired) electrons. The third kappa shape index (κ3) is 3.27. The van der Waals surface area contributed by atoms with Gasteiger partial charge in [0.25, 0.3) is 5.91 Å². The van der Waals surface area contributed by atoms with Crippen LogP contribution in [-0.2, 0) is 23.1 Å². The summed E-state index contributed by atoms with van der Waals surface area (Å²) in [7, 11) is 1.98. The van der Waals surface area contributed by atoms with Gasteiger partial charge in [-0.1, -0.05) is 18.2 Å². The molecule has 6 nitrogen and oxygen atoms in total. The molecular weight excluding hydrogens is 328 g/mol. The Bertz CT molecular complexity index is 788. The normalized spacial score (nSPS) is 24.4. The number of hydrogen-bond acceptors (Lipinski definition) is 4. The Balaban J connectivity index is 1.51. The van der Waals surface area contributed by atoms with Gasteiger partial charge in [-0.25, -0.2) is 0 Å². The average molecular weight is 354 g/mol. The van der Waals surface area contributed by atoms with Gasteiger partial charge in [0.05, 0.1) is 12.8 Å². The fourth-order valence-electron chi connectivity index (χ4n) is 4.10. The molecule has 2 saturated heterocycles. The van der Waals surface area contributed by atoms with Crippen molar-refractivity contribution in [3.8, 4) is 0 Å². The van der Waals surface area contributed by atoms with E-state index < -0.39 is 0 Å². The average Bonchev–Trinajstić information content (AvgIpc) is 3.13. The topological polar surface area (TPSA) is 50.6 Å². The van der Waals surface area contributed by atoms with Crippen LogP contribution < -0.4 is 4.90 Å². The van der Waals surface area contributed by atoms with Crippen molar-refractivity contribution in [3.05, 3.63) is 47.8 Å². The number of carbonyl (C=O) groups excluding carboxylic acids is 1. The number of hydrogen-bond donors (Lipinski definition) is 0. The van der Waals surface area contributed by atoms with Crippen molar-refractivity contribution >= 4 is 11.6 Å². The lowest BCUT2D eigenvalue weighted by Crippen LogP contribution is -2.42. The first-order valence-electron chi connectivity index (χ1n) is 9.19. The second-order valence-corrected chi connectivity index (χ2v) is 7.65. The summed E-state index contributed by atoms with van der Waals surface area (Å²) in [6.07, 6.45) is 3.01. The van der Waals surface area contributed by atoms with E-state index in [2.05, 4.69) is 16.9 Å². The van der Waals surface area contributed by atoms with Gasteiger partial charge in [-0.3, -0.25) is 14.4 Å². The number of carbonyl (C=O) groups is 1. The third-order valence-corrected chi connectivity index (χ3v) is 5.74. The summed E-state index contributed by atoms with van der Waals surface area (Å²) in [6.45, 7) is 6.51. The van der Waals surface area contributed by atoms with Crippen LogP contribution in [0.1, 0.15) is 17.7 Å². The predicted molar refractivity (Wildman–Crippen MR) is 99.9 cm³/mol. The van der Waals surface area contributed by atoms with E-state index in [1.165, 1.54) is 11.3 Å². The quantitative estimate of drug-likeness (QED) is 0.846. The molecule has 2 fully saturated rings. The summed E-state index contributed by atoms with van der Waals surface area (Å²) in [4.78, 5) is 16.9. The number of aromatic nitrogens is 2.